The molecule has 4 rings (SSSR count). The van der Waals surface area contributed by atoms with Crippen LogP contribution in [0.1, 0.15) is 67.4 Å². The first-order chi connectivity index (χ1) is 14.1. The maximum absolute atomic E-state index is 12.9. The number of methoxy groups -OCH3 is 1. The van der Waals surface area contributed by atoms with E-state index >= 15 is 0 Å². The number of likely N-dealkylation sites (tertiary alicyclic amines) is 1. The van der Waals surface area contributed by atoms with Crippen molar-refractivity contribution in [2.45, 2.75) is 57.0 Å². The van der Waals surface area contributed by atoms with Gasteiger partial charge in [0.2, 0.25) is 5.91 Å². The van der Waals surface area contributed by atoms with E-state index in [4.69, 9.17) is 4.74 Å². The highest BCUT2D eigenvalue weighted by molar-refractivity contribution is 5.99. The molecule has 2 aromatic rings. The average Bonchev–Trinajstić information content (AvgIpc) is 3.15. The van der Waals surface area contributed by atoms with E-state index in [1.165, 1.54) is 0 Å². The normalized spacial score (nSPS) is 21.0. The molecule has 1 atom stereocenters. The molecule has 1 N–H and O–H groups in total. The molecule has 156 valence electrons. The Morgan fingerprint density at radius 1 is 1.34 bits per heavy atom. The molecule has 1 unspecified atom stereocenters. The van der Waals surface area contributed by atoms with Crippen LogP contribution in [0.5, 0.6) is 0 Å². The highest BCUT2D eigenvalue weighted by Crippen LogP contribution is 2.39. The Kier molecular flexibility index (Phi) is 5.54. The maximum atomic E-state index is 12.9. The summed E-state index contributed by atoms with van der Waals surface area (Å²) in [6, 6.07) is 1.95. The average molecular weight is 399 g/mol. The summed E-state index contributed by atoms with van der Waals surface area (Å²) in [4.78, 5) is 31.5. The summed E-state index contributed by atoms with van der Waals surface area (Å²) in [5.41, 5.74) is 1.78. The largest absolute Gasteiger partial charge is 0.378 e. The summed E-state index contributed by atoms with van der Waals surface area (Å²) in [5.74, 6) is 0.170. The molecular formula is C21H29N5O3. The number of piperidine rings is 1. The van der Waals surface area contributed by atoms with Gasteiger partial charge in [-0.05, 0) is 45.1 Å². The van der Waals surface area contributed by atoms with Gasteiger partial charge in [0.1, 0.15) is 5.56 Å². The fraction of sp³-hybridized carbons (Fsp3) is 0.619. The Balaban J connectivity index is 1.53. The van der Waals surface area contributed by atoms with Crippen LogP contribution in [0, 0.1) is 0 Å². The summed E-state index contributed by atoms with van der Waals surface area (Å²) in [7, 11) is 1.71. The van der Waals surface area contributed by atoms with Crippen LogP contribution < -0.4 is 5.32 Å². The SMILES string of the molecule is CCNC(=O)c1cnn2c(C3CCCN(C(=O)CC4(OC)CCC4)C3)ccnc12. The molecule has 0 aromatic carbocycles. The predicted octanol–water partition coefficient (Wildman–Crippen LogP) is 2.14. The Hall–Kier alpha value is -2.48. The van der Waals surface area contributed by atoms with Gasteiger partial charge in [-0.15, -0.1) is 0 Å². The molecule has 8 nitrogen and oxygen atoms in total. The van der Waals surface area contributed by atoms with Gasteiger partial charge in [-0.25, -0.2) is 9.50 Å². The topological polar surface area (TPSA) is 88.8 Å². The monoisotopic (exact) mass is 399 g/mol. The van der Waals surface area contributed by atoms with E-state index in [0.29, 0.717) is 30.7 Å². The lowest BCUT2D eigenvalue weighted by Crippen LogP contribution is -2.47. The number of ether oxygens (including phenoxy) is 1. The molecule has 1 aliphatic heterocycles. The third kappa shape index (κ3) is 3.73. The van der Waals surface area contributed by atoms with Gasteiger partial charge in [0.15, 0.2) is 5.65 Å². The number of carbonyl (C=O) groups is 2. The minimum atomic E-state index is -0.252. The first-order valence-electron chi connectivity index (χ1n) is 10.5. The molecule has 1 saturated heterocycles. The molecule has 1 aliphatic carbocycles. The number of nitrogens with one attached hydrogen (secondary N) is 1. The van der Waals surface area contributed by atoms with Crippen molar-refractivity contribution in [2.75, 3.05) is 26.7 Å². The molecule has 3 heterocycles. The van der Waals surface area contributed by atoms with Gasteiger partial charge in [-0.1, -0.05) is 0 Å². The second kappa shape index (κ2) is 8.10. The van der Waals surface area contributed by atoms with Gasteiger partial charge in [0.25, 0.3) is 5.91 Å². The molecule has 2 amide bonds. The summed E-state index contributed by atoms with van der Waals surface area (Å²) >= 11 is 0. The second-order valence-electron chi connectivity index (χ2n) is 8.12. The van der Waals surface area contributed by atoms with Crippen molar-refractivity contribution in [3.8, 4) is 0 Å². The van der Waals surface area contributed by atoms with E-state index in [-0.39, 0.29) is 23.3 Å². The number of rotatable bonds is 6. The van der Waals surface area contributed by atoms with Gasteiger partial charge in [0.05, 0.1) is 23.9 Å². The van der Waals surface area contributed by atoms with Gasteiger partial charge >= 0.3 is 0 Å². The smallest absolute Gasteiger partial charge is 0.256 e. The van der Waals surface area contributed by atoms with Crippen LogP contribution in [0.2, 0.25) is 0 Å². The Morgan fingerprint density at radius 2 is 2.17 bits per heavy atom. The molecule has 29 heavy (non-hydrogen) atoms. The van der Waals surface area contributed by atoms with Crippen LogP contribution in [-0.2, 0) is 9.53 Å². The molecular weight excluding hydrogens is 370 g/mol. The van der Waals surface area contributed by atoms with Crippen molar-refractivity contribution in [2.24, 2.45) is 0 Å². The molecule has 2 aromatic heterocycles. The van der Waals surface area contributed by atoms with Gasteiger partial charge in [-0.3, -0.25) is 9.59 Å². The van der Waals surface area contributed by atoms with Crippen molar-refractivity contribution in [1.29, 1.82) is 0 Å². The Labute approximate surface area is 170 Å². The van der Waals surface area contributed by atoms with Crippen LogP contribution >= 0.6 is 0 Å². The first-order valence-corrected chi connectivity index (χ1v) is 10.5. The molecule has 0 radical (unpaired) electrons. The quantitative estimate of drug-likeness (QED) is 0.804. The fourth-order valence-corrected chi connectivity index (χ4v) is 4.49. The summed E-state index contributed by atoms with van der Waals surface area (Å²) in [6.45, 7) is 3.88. The standard InChI is InChI=1S/C21H29N5O3/c1-3-22-20(28)16-13-24-26-17(7-10-23-19(16)26)15-6-4-11-25(14-15)18(27)12-21(29-2)8-5-9-21/h7,10,13,15H,3-6,8-9,11-12,14H2,1-2H3,(H,22,28). The molecule has 1 saturated carbocycles. The number of hydrogen-bond donors (Lipinski definition) is 1. The molecule has 2 aliphatic rings. The van der Waals surface area contributed by atoms with Crippen molar-refractivity contribution in [3.05, 3.63) is 29.7 Å². The van der Waals surface area contributed by atoms with Crippen molar-refractivity contribution < 1.29 is 14.3 Å². The zero-order valence-electron chi connectivity index (χ0n) is 17.2. The van der Waals surface area contributed by atoms with E-state index in [1.54, 1.807) is 24.0 Å². The number of amides is 2. The van der Waals surface area contributed by atoms with Gasteiger partial charge in [-0.2, -0.15) is 5.10 Å². The number of hydrogen-bond acceptors (Lipinski definition) is 5. The van der Waals surface area contributed by atoms with Crippen LogP contribution in [-0.4, -0.2) is 63.7 Å². The third-order valence-corrected chi connectivity index (χ3v) is 6.38. The molecule has 2 fully saturated rings. The third-order valence-electron chi connectivity index (χ3n) is 6.38. The van der Waals surface area contributed by atoms with Crippen molar-refractivity contribution in [1.82, 2.24) is 24.8 Å². The summed E-state index contributed by atoms with van der Waals surface area (Å²) in [5, 5.41) is 7.23. The predicted molar refractivity (Wildman–Crippen MR) is 108 cm³/mol. The highest BCUT2D eigenvalue weighted by Gasteiger charge is 2.40. The van der Waals surface area contributed by atoms with Crippen LogP contribution in [0.15, 0.2) is 18.5 Å². The summed E-state index contributed by atoms with van der Waals surface area (Å²) < 4.78 is 7.40. The molecule has 0 bridgehead atoms. The van der Waals surface area contributed by atoms with Crippen molar-refractivity contribution in [3.63, 3.8) is 0 Å². The van der Waals surface area contributed by atoms with E-state index < -0.39 is 0 Å². The second-order valence-corrected chi connectivity index (χ2v) is 8.12. The summed E-state index contributed by atoms with van der Waals surface area (Å²) in [6.07, 6.45) is 8.75. The number of carbonyl (C=O) groups excluding carboxylic acids is 2. The van der Waals surface area contributed by atoms with Crippen LogP contribution in [0.25, 0.3) is 5.65 Å². The Morgan fingerprint density at radius 3 is 2.86 bits per heavy atom. The zero-order valence-corrected chi connectivity index (χ0v) is 17.2. The molecule has 0 spiro atoms. The Bertz CT molecular complexity index is 899. The number of nitrogens with zero attached hydrogens (tertiary/aromatic N) is 4. The fourth-order valence-electron chi connectivity index (χ4n) is 4.49. The van der Waals surface area contributed by atoms with Crippen LogP contribution in [0.4, 0.5) is 0 Å². The van der Waals surface area contributed by atoms with Gasteiger partial charge < -0.3 is 15.0 Å². The highest BCUT2D eigenvalue weighted by atomic mass is 16.5. The maximum Gasteiger partial charge on any atom is 0.256 e. The molecule has 8 heteroatoms. The lowest BCUT2D eigenvalue weighted by Gasteiger charge is -2.42. The number of aromatic nitrogens is 3. The zero-order chi connectivity index (χ0) is 20.4. The van der Waals surface area contributed by atoms with Crippen LogP contribution in [0.3, 0.4) is 0 Å². The van der Waals surface area contributed by atoms with Crippen molar-refractivity contribution >= 4 is 17.5 Å². The first kappa shape index (κ1) is 19.8. The minimum Gasteiger partial charge on any atom is -0.378 e. The lowest BCUT2D eigenvalue weighted by molar-refractivity contribution is -0.145. The lowest BCUT2D eigenvalue weighted by atomic mass is 9.77. The van der Waals surface area contributed by atoms with E-state index in [1.807, 2.05) is 17.9 Å². The van der Waals surface area contributed by atoms with E-state index in [0.717, 1.165) is 44.3 Å². The van der Waals surface area contributed by atoms with Gasteiger partial charge in [0, 0.05) is 38.9 Å². The van der Waals surface area contributed by atoms with E-state index in [9.17, 15) is 9.59 Å². The van der Waals surface area contributed by atoms with E-state index in [2.05, 4.69) is 15.4 Å². The number of fused-ring (bicyclic) bond motifs is 1. The minimum absolute atomic E-state index is 0.167.